The van der Waals surface area contributed by atoms with Gasteiger partial charge in [-0.1, -0.05) is 62.9 Å². The minimum absolute atomic E-state index is 0.108. The Morgan fingerprint density at radius 1 is 0.929 bits per heavy atom. The van der Waals surface area contributed by atoms with Crippen LogP contribution in [0.15, 0.2) is 64.2 Å². The van der Waals surface area contributed by atoms with Crippen LogP contribution < -0.4 is 0 Å². The molecule has 2 aromatic heterocycles. The number of thioether (sulfide) groups is 1. The summed E-state index contributed by atoms with van der Waals surface area (Å²) in [7, 11) is 0. The summed E-state index contributed by atoms with van der Waals surface area (Å²) in [5.41, 5.74) is 3.18. The molecular formula is C20H20N6OS. The lowest BCUT2D eigenvalue weighted by atomic mass is 9.87. The molecule has 0 aliphatic carbocycles. The molecule has 4 rings (SSSR count). The average molecular weight is 392 g/mol. The largest absolute Gasteiger partial charge is 0.411 e. The highest BCUT2D eigenvalue weighted by molar-refractivity contribution is 7.98. The molecule has 142 valence electrons. The Bertz CT molecular complexity index is 1050. The zero-order valence-electron chi connectivity index (χ0n) is 15.9. The van der Waals surface area contributed by atoms with E-state index in [1.807, 2.05) is 42.5 Å². The quantitative estimate of drug-likeness (QED) is 0.468. The number of rotatable bonds is 5. The topological polar surface area (TPSA) is 82.5 Å². The lowest BCUT2D eigenvalue weighted by Gasteiger charge is -2.18. The van der Waals surface area contributed by atoms with E-state index in [1.165, 1.54) is 17.3 Å². The van der Waals surface area contributed by atoms with Gasteiger partial charge in [0.15, 0.2) is 5.82 Å². The van der Waals surface area contributed by atoms with E-state index in [-0.39, 0.29) is 5.41 Å². The summed E-state index contributed by atoms with van der Waals surface area (Å²) in [6.45, 7) is 6.56. The van der Waals surface area contributed by atoms with Gasteiger partial charge in [-0.3, -0.25) is 0 Å². The number of aromatic nitrogens is 6. The third kappa shape index (κ3) is 3.96. The van der Waals surface area contributed by atoms with Crippen LogP contribution in [-0.2, 0) is 11.2 Å². The fourth-order valence-corrected chi connectivity index (χ4v) is 3.36. The van der Waals surface area contributed by atoms with Gasteiger partial charge in [-0.2, -0.15) is 4.68 Å². The van der Waals surface area contributed by atoms with Crippen molar-refractivity contribution in [2.45, 2.75) is 37.2 Å². The maximum atomic E-state index is 5.80. The van der Waals surface area contributed by atoms with Crippen molar-refractivity contribution in [1.82, 2.24) is 30.4 Å². The van der Waals surface area contributed by atoms with E-state index in [0.29, 0.717) is 22.7 Å². The highest BCUT2D eigenvalue weighted by Crippen LogP contribution is 2.28. The van der Waals surface area contributed by atoms with Crippen molar-refractivity contribution in [2.75, 3.05) is 0 Å². The molecule has 0 saturated carbocycles. The van der Waals surface area contributed by atoms with Crippen molar-refractivity contribution in [3.63, 3.8) is 0 Å². The molecule has 0 aliphatic rings. The molecule has 0 aliphatic heterocycles. The predicted molar refractivity (Wildman–Crippen MR) is 107 cm³/mol. The SMILES string of the molecule is CC(C)(C)c1ccc(-c2nnc(SCc3nnnn3-c3ccccc3)o2)cc1. The Balaban J connectivity index is 1.46. The number of tetrazole rings is 1. The Kier molecular flexibility index (Phi) is 4.95. The van der Waals surface area contributed by atoms with Crippen LogP contribution in [0.4, 0.5) is 0 Å². The van der Waals surface area contributed by atoms with Crippen molar-refractivity contribution in [2.24, 2.45) is 0 Å². The number of benzene rings is 2. The van der Waals surface area contributed by atoms with E-state index in [1.54, 1.807) is 4.68 Å². The van der Waals surface area contributed by atoms with E-state index < -0.39 is 0 Å². The highest BCUT2D eigenvalue weighted by atomic mass is 32.2. The van der Waals surface area contributed by atoms with Crippen molar-refractivity contribution in [3.8, 4) is 17.1 Å². The normalized spacial score (nSPS) is 11.7. The van der Waals surface area contributed by atoms with E-state index in [9.17, 15) is 0 Å². The maximum Gasteiger partial charge on any atom is 0.277 e. The predicted octanol–water partition coefficient (Wildman–Crippen LogP) is 4.30. The second-order valence-electron chi connectivity index (χ2n) is 7.33. The molecule has 2 heterocycles. The van der Waals surface area contributed by atoms with Gasteiger partial charge >= 0.3 is 0 Å². The van der Waals surface area contributed by atoms with Crippen LogP contribution in [0.3, 0.4) is 0 Å². The summed E-state index contributed by atoms with van der Waals surface area (Å²) < 4.78 is 7.51. The van der Waals surface area contributed by atoms with Crippen LogP contribution in [0.1, 0.15) is 32.2 Å². The van der Waals surface area contributed by atoms with Crippen molar-refractivity contribution in [1.29, 1.82) is 0 Å². The molecule has 8 heteroatoms. The third-order valence-electron chi connectivity index (χ3n) is 4.26. The second kappa shape index (κ2) is 7.55. The first-order chi connectivity index (χ1) is 13.5. The number of hydrogen-bond acceptors (Lipinski definition) is 7. The van der Waals surface area contributed by atoms with Gasteiger partial charge < -0.3 is 4.42 Å². The lowest BCUT2D eigenvalue weighted by Crippen LogP contribution is -2.10. The van der Waals surface area contributed by atoms with Gasteiger partial charge in [0.05, 0.1) is 11.4 Å². The monoisotopic (exact) mass is 392 g/mol. The molecule has 4 aromatic rings. The van der Waals surface area contributed by atoms with Crippen LogP contribution in [-0.4, -0.2) is 30.4 Å². The summed E-state index contributed by atoms with van der Waals surface area (Å²) in [5.74, 6) is 1.74. The summed E-state index contributed by atoms with van der Waals surface area (Å²) in [4.78, 5) is 0. The van der Waals surface area contributed by atoms with Crippen LogP contribution in [0.5, 0.6) is 0 Å². The maximum absolute atomic E-state index is 5.80. The molecule has 0 amide bonds. The molecule has 0 atom stereocenters. The van der Waals surface area contributed by atoms with Crippen molar-refractivity contribution < 1.29 is 4.42 Å². The van der Waals surface area contributed by atoms with Gasteiger partial charge in [0.25, 0.3) is 5.22 Å². The number of hydrogen-bond donors (Lipinski definition) is 0. The summed E-state index contributed by atoms with van der Waals surface area (Å²) in [5, 5.41) is 20.7. The van der Waals surface area contributed by atoms with E-state index in [0.717, 1.165) is 11.3 Å². The van der Waals surface area contributed by atoms with Crippen LogP contribution in [0.2, 0.25) is 0 Å². The fraction of sp³-hybridized carbons (Fsp3) is 0.250. The average Bonchev–Trinajstić information content (AvgIpc) is 3.36. The molecule has 7 nitrogen and oxygen atoms in total. The second-order valence-corrected chi connectivity index (χ2v) is 8.26. The Morgan fingerprint density at radius 3 is 2.39 bits per heavy atom. The minimum atomic E-state index is 0.108. The Labute approximate surface area is 167 Å². The van der Waals surface area contributed by atoms with Gasteiger partial charge in [0.2, 0.25) is 5.89 Å². The first-order valence-corrected chi connectivity index (χ1v) is 9.89. The molecule has 0 fully saturated rings. The van der Waals surface area contributed by atoms with Crippen molar-refractivity contribution >= 4 is 11.8 Å². The molecular weight excluding hydrogens is 372 g/mol. The lowest BCUT2D eigenvalue weighted by molar-refractivity contribution is 0.465. The molecule has 0 unspecified atom stereocenters. The molecule has 0 saturated heterocycles. The minimum Gasteiger partial charge on any atom is -0.411 e. The Hall–Kier alpha value is -3.00. The smallest absolute Gasteiger partial charge is 0.277 e. The molecule has 2 aromatic carbocycles. The first kappa shape index (κ1) is 18.4. The summed E-state index contributed by atoms with van der Waals surface area (Å²) >= 11 is 1.41. The first-order valence-electron chi connectivity index (χ1n) is 8.90. The van der Waals surface area contributed by atoms with Gasteiger partial charge in [0, 0.05) is 5.56 Å². The number of nitrogens with zero attached hydrogens (tertiary/aromatic N) is 6. The van der Waals surface area contributed by atoms with Gasteiger partial charge in [-0.25, -0.2) is 0 Å². The van der Waals surface area contributed by atoms with Gasteiger partial charge in [-0.05, 0) is 45.7 Å². The third-order valence-corrected chi connectivity index (χ3v) is 5.08. The highest BCUT2D eigenvalue weighted by Gasteiger charge is 2.16. The van der Waals surface area contributed by atoms with Gasteiger partial charge in [0.1, 0.15) is 0 Å². The van der Waals surface area contributed by atoms with Crippen LogP contribution >= 0.6 is 11.8 Å². The fourth-order valence-electron chi connectivity index (χ4n) is 2.69. The molecule has 0 spiro atoms. The van der Waals surface area contributed by atoms with E-state index in [2.05, 4.69) is 58.6 Å². The van der Waals surface area contributed by atoms with E-state index >= 15 is 0 Å². The molecule has 28 heavy (non-hydrogen) atoms. The van der Waals surface area contributed by atoms with Crippen molar-refractivity contribution in [3.05, 3.63) is 66.0 Å². The number of para-hydroxylation sites is 1. The van der Waals surface area contributed by atoms with Crippen LogP contribution in [0, 0.1) is 0 Å². The Morgan fingerprint density at radius 2 is 1.68 bits per heavy atom. The molecule has 0 bridgehead atoms. The summed E-state index contributed by atoms with van der Waals surface area (Å²) in [6, 6.07) is 18.0. The molecule has 0 N–H and O–H groups in total. The van der Waals surface area contributed by atoms with E-state index in [4.69, 9.17) is 4.42 Å². The zero-order valence-corrected chi connectivity index (χ0v) is 16.7. The molecule has 0 radical (unpaired) electrons. The standard InChI is InChI=1S/C20H20N6OS/c1-20(2,3)15-11-9-14(10-12-15)18-22-23-19(27-18)28-13-17-21-24-25-26(17)16-7-5-4-6-8-16/h4-12H,13H2,1-3H3. The summed E-state index contributed by atoms with van der Waals surface area (Å²) in [6.07, 6.45) is 0. The zero-order chi connectivity index (χ0) is 19.6. The van der Waals surface area contributed by atoms with Crippen LogP contribution in [0.25, 0.3) is 17.1 Å². The van der Waals surface area contributed by atoms with Gasteiger partial charge in [-0.15, -0.1) is 15.3 Å².